The maximum atomic E-state index is 13.1. The Morgan fingerprint density at radius 2 is 1.80 bits per heavy atom. The van der Waals surface area contributed by atoms with E-state index in [1.165, 1.54) is 6.08 Å². The van der Waals surface area contributed by atoms with E-state index in [1.54, 1.807) is 51.9 Å². The van der Waals surface area contributed by atoms with Crippen LogP contribution in [0.15, 0.2) is 42.7 Å². The van der Waals surface area contributed by atoms with Crippen LogP contribution in [0.4, 0.5) is 0 Å². The fourth-order valence-corrected chi connectivity index (χ4v) is 4.29. The SMILES string of the molecule is COc1cc(C(=O)N2CCC(CCCCNC(=O)/C=C/c3cccnc3)CC2)cc(OC)c1OC. The Labute approximate surface area is 207 Å². The zero-order valence-corrected chi connectivity index (χ0v) is 20.8. The molecule has 1 saturated heterocycles. The number of rotatable bonds is 11. The van der Waals surface area contributed by atoms with Gasteiger partial charge in [-0.05, 0) is 55.0 Å². The lowest BCUT2D eigenvalue weighted by atomic mass is 9.91. The Morgan fingerprint density at radius 3 is 2.40 bits per heavy atom. The van der Waals surface area contributed by atoms with E-state index >= 15 is 0 Å². The molecule has 2 aromatic rings. The summed E-state index contributed by atoms with van der Waals surface area (Å²) in [5.41, 5.74) is 1.43. The molecule has 188 valence electrons. The average molecular weight is 482 g/mol. The summed E-state index contributed by atoms with van der Waals surface area (Å²) in [6.07, 6.45) is 11.8. The first-order chi connectivity index (χ1) is 17.0. The van der Waals surface area contributed by atoms with Crippen molar-refractivity contribution in [2.75, 3.05) is 41.0 Å². The fourth-order valence-electron chi connectivity index (χ4n) is 4.29. The van der Waals surface area contributed by atoms with Crippen LogP contribution in [0.1, 0.15) is 48.0 Å². The number of amides is 2. The van der Waals surface area contributed by atoms with Crippen molar-refractivity contribution >= 4 is 17.9 Å². The lowest BCUT2D eigenvalue weighted by molar-refractivity contribution is -0.116. The third kappa shape index (κ3) is 7.47. The van der Waals surface area contributed by atoms with Gasteiger partial charge in [0.1, 0.15) is 0 Å². The number of carbonyl (C=O) groups excluding carboxylic acids is 2. The molecule has 35 heavy (non-hydrogen) atoms. The molecular weight excluding hydrogens is 446 g/mol. The molecule has 8 heteroatoms. The van der Waals surface area contributed by atoms with E-state index in [0.717, 1.165) is 50.8 Å². The van der Waals surface area contributed by atoms with E-state index in [-0.39, 0.29) is 11.8 Å². The van der Waals surface area contributed by atoms with Crippen molar-refractivity contribution < 1.29 is 23.8 Å². The molecule has 0 saturated carbocycles. The molecule has 0 bridgehead atoms. The monoisotopic (exact) mass is 481 g/mol. The van der Waals surface area contributed by atoms with Crippen LogP contribution in [0.2, 0.25) is 0 Å². The van der Waals surface area contributed by atoms with Gasteiger partial charge >= 0.3 is 0 Å². The lowest BCUT2D eigenvalue weighted by Crippen LogP contribution is -2.38. The summed E-state index contributed by atoms with van der Waals surface area (Å²) in [4.78, 5) is 30.9. The van der Waals surface area contributed by atoms with Gasteiger partial charge in [0.25, 0.3) is 5.91 Å². The molecule has 1 aromatic carbocycles. The van der Waals surface area contributed by atoms with Crippen molar-refractivity contribution in [3.8, 4) is 17.2 Å². The summed E-state index contributed by atoms with van der Waals surface area (Å²) >= 11 is 0. The number of piperidine rings is 1. The predicted octanol–water partition coefficient (Wildman–Crippen LogP) is 3.96. The van der Waals surface area contributed by atoms with E-state index in [2.05, 4.69) is 10.3 Å². The zero-order chi connectivity index (χ0) is 25.0. The lowest BCUT2D eigenvalue weighted by Gasteiger charge is -2.32. The summed E-state index contributed by atoms with van der Waals surface area (Å²) in [5, 5.41) is 2.93. The number of pyridine rings is 1. The Balaban J connectivity index is 1.37. The molecule has 1 aliphatic heterocycles. The molecule has 0 aliphatic carbocycles. The number of carbonyl (C=O) groups is 2. The Hall–Kier alpha value is -3.55. The van der Waals surface area contributed by atoms with Gasteiger partial charge in [0.15, 0.2) is 11.5 Å². The van der Waals surface area contributed by atoms with Gasteiger partial charge in [-0.3, -0.25) is 14.6 Å². The molecule has 0 unspecified atom stereocenters. The molecule has 0 atom stereocenters. The minimum Gasteiger partial charge on any atom is -0.493 e. The van der Waals surface area contributed by atoms with Crippen molar-refractivity contribution in [3.63, 3.8) is 0 Å². The number of unbranched alkanes of at least 4 members (excludes halogenated alkanes) is 1. The van der Waals surface area contributed by atoms with E-state index in [0.29, 0.717) is 35.3 Å². The van der Waals surface area contributed by atoms with E-state index in [1.807, 2.05) is 17.0 Å². The van der Waals surface area contributed by atoms with Gasteiger partial charge in [-0.25, -0.2) is 0 Å². The molecular formula is C27H35N3O5. The maximum absolute atomic E-state index is 13.1. The molecule has 1 aromatic heterocycles. The number of methoxy groups -OCH3 is 3. The van der Waals surface area contributed by atoms with Gasteiger partial charge in [0, 0.05) is 43.7 Å². The summed E-state index contributed by atoms with van der Waals surface area (Å²) < 4.78 is 16.1. The Morgan fingerprint density at radius 1 is 1.09 bits per heavy atom. The maximum Gasteiger partial charge on any atom is 0.254 e. The molecule has 8 nitrogen and oxygen atoms in total. The number of hydrogen-bond acceptors (Lipinski definition) is 6. The Kier molecular flexibility index (Phi) is 9.95. The fraction of sp³-hybridized carbons (Fsp3) is 0.444. The third-order valence-corrected chi connectivity index (χ3v) is 6.26. The van der Waals surface area contributed by atoms with Gasteiger partial charge in [-0.1, -0.05) is 18.9 Å². The van der Waals surface area contributed by atoms with Gasteiger partial charge in [-0.15, -0.1) is 0 Å². The van der Waals surface area contributed by atoms with Crippen molar-refractivity contribution in [3.05, 3.63) is 53.9 Å². The highest BCUT2D eigenvalue weighted by Crippen LogP contribution is 2.38. The number of ether oxygens (including phenoxy) is 3. The van der Waals surface area contributed by atoms with Crippen LogP contribution < -0.4 is 19.5 Å². The number of benzene rings is 1. The molecule has 3 rings (SSSR count). The highest BCUT2D eigenvalue weighted by Gasteiger charge is 2.25. The molecule has 2 amide bonds. The van der Waals surface area contributed by atoms with Gasteiger partial charge in [0.2, 0.25) is 11.7 Å². The average Bonchev–Trinajstić information content (AvgIpc) is 2.91. The topological polar surface area (TPSA) is 90.0 Å². The largest absolute Gasteiger partial charge is 0.493 e. The molecule has 1 fully saturated rings. The van der Waals surface area contributed by atoms with Crippen LogP contribution in [-0.4, -0.2) is 62.7 Å². The zero-order valence-electron chi connectivity index (χ0n) is 20.8. The summed E-state index contributed by atoms with van der Waals surface area (Å²) in [6.45, 7) is 2.13. The highest BCUT2D eigenvalue weighted by atomic mass is 16.5. The summed E-state index contributed by atoms with van der Waals surface area (Å²) in [5.74, 6) is 1.91. The van der Waals surface area contributed by atoms with Crippen molar-refractivity contribution in [1.29, 1.82) is 0 Å². The van der Waals surface area contributed by atoms with Crippen LogP contribution in [0, 0.1) is 5.92 Å². The van der Waals surface area contributed by atoms with Gasteiger partial charge in [-0.2, -0.15) is 0 Å². The standard InChI is InChI=1S/C27H35N3O5/c1-33-23-17-22(18-24(34-2)26(23)35-3)27(32)30-15-11-20(12-16-30)7-4-5-14-29-25(31)10-9-21-8-6-13-28-19-21/h6,8-10,13,17-20H,4-5,7,11-12,14-16H2,1-3H3,(H,29,31)/b10-9+. The van der Waals surface area contributed by atoms with Crippen LogP contribution in [0.3, 0.4) is 0 Å². The number of nitrogens with one attached hydrogen (secondary N) is 1. The molecule has 1 N–H and O–H groups in total. The minimum atomic E-state index is -0.0903. The van der Waals surface area contributed by atoms with Gasteiger partial charge in [0.05, 0.1) is 21.3 Å². The van der Waals surface area contributed by atoms with E-state index in [4.69, 9.17) is 14.2 Å². The smallest absolute Gasteiger partial charge is 0.254 e. The first-order valence-electron chi connectivity index (χ1n) is 12.0. The second kappa shape index (κ2) is 13.4. The number of nitrogens with zero attached hydrogens (tertiary/aromatic N) is 2. The summed E-state index contributed by atoms with van der Waals surface area (Å²) in [6, 6.07) is 7.15. The van der Waals surface area contributed by atoms with Crippen LogP contribution in [0.25, 0.3) is 6.08 Å². The first-order valence-corrected chi connectivity index (χ1v) is 12.0. The van der Waals surface area contributed by atoms with Crippen LogP contribution >= 0.6 is 0 Å². The van der Waals surface area contributed by atoms with Crippen molar-refractivity contribution in [2.45, 2.75) is 32.1 Å². The normalized spacial score (nSPS) is 14.1. The Bertz CT molecular complexity index is 976. The third-order valence-electron chi connectivity index (χ3n) is 6.26. The quantitative estimate of drug-likeness (QED) is 0.386. The van der Waals surface area contributed by atoms with E-state index in [9.17, 15) is 9.59 Å². The molecule has 2 heterocycles. The number of aromatic nitrogens is 1. The summed E-state index contributed by atoms with van der Waals surface area (Å²) in [7, 11) is 4.63. The molecule has 0 radical (unpaired) electrons. The highest BCUT2D eigenvalue weighted by molar-refractivity contribution is 5.95. The molecule has 1 aliphatic rings. The number of likely N-dealkylation sites (tertiary alicyclic amines) is 1. The second-order valence-corrected chi connectivity index (χ2v) is 8.56. The molecule has 0 spiro atoms. The van der Waals surface area contributed by atoms with Crippen LogP contribution in [0.5, 0.6) is 17.2 Å². The second-order valence-electron chi connectivity index (χ2n) is 8.56. The van der Waals surface area contributed by atoms with Gasteiger partial charge < -0.3 is 24.4 Å². The minimum absolute atomic E-state index is 0.0234. The van der Waals surface area contributed by atoms with E-state index < -0.39 is 0 Å². The first kappa shape index (κ1) is 26.1. The predicted molar refractivity (Wildman–Crippen MR) is 135 cm³/mol. The number of hydrogen-bond donors (Lipinski definition) is 1. The van der Waals surface area contributed by atoms with Crippen molar-refractivity contribution in [1.82, 2.24) is 15.2 Å². The van der Waals surface area contributed by atoms with Crippen molar-refractivity contribution in [2.24, 2.45) is 5.92 Å². The van der Waals surface area contributed by atoms with Crippen LogP contribution in [-0.2, 0) is 4.79 Å².